The molecule has 3 aromatic rings. The molecule has 6 nitrogen and oxygen atoms in total. The van der Waals surface area contributed by atoms with Crippen LogP contribution in [0.5, 0.6) is 0 Å². The Morgan fingerprint density at radius 1 is 1.20 bits per heavy atom. The molecular weight excluding hydrogens is 423 g/mol. The molecule has 1 amide bonds. The van der Waals surface area contributed by atoms with E-state index in [0.29, 0.717) is 28.2 Å². The topological polar surface area (TPSA) is 72.1 Å². The Morgan fingerprint density at radius 2 is 2.03 bits per heavy atom. The first kappa shape index (κ1) is 20.8. The van der Waals surface area contributed by atoms with Gasteiger partial charge in [-0.1, -0.05) is 34.4 Å². The minimum Gasteiger partial charge on any atom is -0.356 e. The number of piperidine rings is 1. The summed E-state index contributed by atoms with van der Waals surface area (Å²) in [5, 5.41) is 4.92. The molecule has 30 heavy (non-hydrogen) atoms. The van der Waals surface area contributed by atoms with Crippen molar-refractivity contribution in [1.29, 1.82) is 0 Å². The number of amides is 1. The lowest BCUT2D eigenvalue weighted by Crippen LogP contribution is -2.40. The number of carbonyl (C=O) groups is 1. The lowest BCUT2D eigenvalue weighted by Gasteiger charge is -2.36. The van der Waals surface area contributed by atoms with E-state index in [-0.39, 0.29) is 18.4 Å². The fraction of sp³-hybridized carbons (Fsp3) is 0.364. The quantitative estimate of drug-likeness (QED) is 0.541. The molecule has 1 saturated heterocycles. The number of halogens is 2. The second-order valence-electron chi connectivity index (χ2n) is 7.57. The Bertz CT molecular complexity index is 1080. The lowest BCUT2D eigenvalue weighted by molar-refractivity contribution is -0.134. The van der Waals surface area contributed by atoms with Crippen molar-refractivity contribution in [2.75, 3.05) is 6.54 Å². The van der Waals surface area contributed by atoms with E-state index in [1.54, 1.807) is 18.3 Å². The van der Waals surface area contributed by atoms with Crippen molar-refractivity contribution < 1.29 is 9.32 Å². The van der Waals surface area contributed by atoms with Crippen molar-refractivity contribution >= 4 is 29.1 Å². The molecule has 156 valence electrons. The van der Waals surface area contributed by atoms with Gasteiger partial charge in [0, 0.05) is 18.8 Å². The molecule has 0 unspecified atom stereocenters. The van der Waals surface area contributed by atoms with E-state index < -0.39 is 0 Å². The van der Waals surface area contributed by atoms with Crippen molar-refractivity contribution in [3.05, 3.63) is 63.3 Å². The minimum absolute atomic E-state index is 0.0362. The molecule has 4 rings (SSSR count). The highest BCUT2D eigenvalue weighted by molar-refractivity contribution is 6.42. The molecule has 0 spiro atoms. The number of nitrogens with zero attached hydrogens (tertiary/aromatic N) is 4. The van der Waals surface area contributed by atoms with Gasteiger partial charge in [0.25, 0.3) is 0 Å². The average molecular weight is 445 g/mol. The zero-order valence-corrected chi connectivity index (χ0v) is 18.4. The third-order valence-corrected chi connectivity index (χ3v) is 6.05. The minimum atomic E-state index is -0.142. The summed E-state index contributed by atoms with van der Waals surface area (Å²) in [5.74, 6) is 1.31. The van der Waals surface area contributed by atoms with Gasteiger partial charge in [-0.3, -0.25) is 4.79 Å². The van der Waals surface area contributed by atoms with Gasteiger partial charge >= 0.3 is 0 Å². The van der Waals surface area contributed by atoms with Crippen LogP contribution in [0.15, 0.2) is 35.0 Å². The highest BCUT2D eigenvalue weighted by atomic mass is 35.5. The van der Waals surface area contributed by atoms with Crippen LogP contribution in [0.1, 0.15) is 48.1 Å². The molecule has 1 fully saturated rings. The molecule has 1 atom stereocenters. The van der Waals surface area contributed by atoms with Gasteiger partial charge in [0.1, 0.15) is 5.82 Å². The van der Waals surface area contributed by atoms with E-state index >= 15 is 0 Å². The molecule has 1 aliphatic rings. The van der Waals surface area contributed by atoms with E-state index in [4.69, 9.17) is 32.7 Å². The van der Waals surface area contributed by atoms with Crippen LogP contribution in [0.3, 0.4) is 0 Å². The van der Waals surface area contributed by atoms with E-state index in [2.05, 4.69) is 10.1 Å². The van der Waals surface area contributed by atoms with Crippen molar-refractivity contribution in [2.24, 2.45) is 0 Å². The lowest BCUT2D eigenvalue weighted by atomic mass is 9.94. The molecule has 8 heteroatoms. The standard InChI is InChI=1S/C22H22Cl2N4O2/c1-13-9-20(30-27-13)16-12-25-14(2)26-22(16)19-5-3-4-8-28(19)21(29)11-15-6-7-17(23)18(24)10-15/h6-7,9-10,12,19H,3-5,8,11H2,1-2H3/t19-/m0/s1. The number of aromatic nitrogens is 3. The molecule has 3 heterocycles. The first-order chi connectivity index (χ1) is 14.4. The van der Waals surface area contributed by atoms with E-state index in [9.17, 15) is 4.79 Å². The van der Waals surface area contributed by atoms with Crippen molar-refractivity contribution in [2.45, 2.75) is 45.6 Å². The Morgan fingerprint density at radius 3 is 2.77 bits per heavy atom. The van der Waals surface area contributed by atoms with Gasteiger partial charge in [-0.2, -0.15) is 0 Å². The van der Waals surface area contributed by atoms with Crippen LogP contribution in [-0.2, 0) is 11.2 Å². The molecule has 1 aliphatic heterocycles. The maximum absolute atomic E-state index is 13.3. The molecular formula is C22H22Cl2N4O2. The Labute approximate surface area is 185 Å². The zero-order chi connectivity index (χ0) is 21.3. The third-order valence-electron chi connectivity index (χ3n) is 5.31. The second-order valence-corrected chi connectivity index (χ2v) is 8.39. The summed E-state index contributed by atoms with van der Waals surface area (Å²) in [6, 6.07) is 7.03. The van der Waals surface area contributed by atoms with Crippen LogP contribution in [-0.4, -0.2) is 32.5 Å². The maximum atomic E-state index is 13.3. The molecule has 0 radical (unpaired) electrons. The SMILES string of the molecule is Cc1cc(-c2cnc(C)nc2[C@@H]2CCCCN2C(=O)Cc2ccc(Cl)c(Cl)c2)on1. The first-order valence-electron chi connectivity index (χ1n) is 9.93. The fourth-order valence-corrected chi connectivity index (χ4v) is 4.18. The number of aryl methyl sites for hydroxylation is 2. The highest BCUT2D eigenvalue weighted by Gasteiger charge is 2.32. The fourth-order valence-electron chi connectivity index (χ4n) is 3.86. The number of carbonyl (C=O) groups excluding carboxylic acids is 1. The van der Waals surface area contributed by atoms with E-state index in [1.807, 2.05) is 30.9 Å². The van der Waals surface area contributed by atoms with Gasteiger partial charge in [0.15, 0.2) is 5.76 Å². The number of hydrogen-bond acceptors (Lipinski definition) is 5. The number of rotatable bonds is 4. The van der Waals surface area contributed by atoms with Gasteiger partial charge < -0.3 is 9.42 Å². The first-order valence-corrected chi connectivity index (χ1v) is 10.7. The molecule has 0 bridgehead atoms. The molecule has 2 aromatic heterocycles. The van der Waals surface area contributed by atoms with Gasteiger partial charge in [-0.25, -0.2) is 9.97 Å². The monoisotopic (exact) mass is 444 g/mol. The molecule has 0 N–H and O–H groups in total. The van der Waals surface area contributed by atoms with Gasteiger partial charge in [-0.15, -0.1) is 0 Å². The summed E-state index contributed by atoms with van der Waals surface area (Å²) >= 11 is 12.1. The van der Waals surface area contributed by atoms with Crippen LogP contribution < -0.4 is 0 Å². The van der Waals surface area contributed by atoms with Gasteiger partial charge in [0.05, 0.1) is 39.5 Å². The van der Waals surface area contributed by atoms with Crippen LogP contribution in [0, 0.1) is 13.8 Å². The number of likely N-dealkylation sites (tertiary alicyclic amines) is 1. The summed E-state index contributed by atoms with van der Waals surface area (Å²) < 4.78 is 5.48. The number of hydrogen-bond donors (Lipinski definition) is 0. The largest absolute Gasteiger partial charge is 0.356 e. The smallest absolute Gasteiger partial charge is 0.227 e. The molecule has 0 saturated carbocycles. The summed E-state index contributed by atoms with van der Waals surface area (Å²) in [6.07, 6.45) is 4.84. The Kier molecular flexibility index (Phi) is 6.06. The Hall–Kier alpha value is -2.44. The van der Waals surface area contributed by atoms with E-state index in [1.165, 1.54) is 0 Å². The molecule has 0 aliphatic carbocycles. The van der Waals surface area contributed by atoms with Crippen LogP contribution >= 0.6 is 23.2 Å². The predicted molar refractivity (Wildman–Crippen MR) is 115 cm³/mol. The van der Waals surface area contributed by atoms with Gasteiger partial charge in [0.2, 0.25) is 5.91 Å². The maximum Gasteiger partial charge on any atom is 0.227 e. The Balaban J connectivity index is 1.66. The summed E-state index contributed by atoms with van der Waals surface area (Å²) in [6.45, 7) is 4.40. The summed E-state index contributed by atoms with van der Waals surface area (Å²) in [5.41, 5.74) is 3.21. The third kappa shape index (κ3) is 4.35. The zero-order valence-electron chi connectivity index (χ0n) is 16.9. The van der Waals surface area contributed by atoms with Crippen molar-refractivity contribution in [3.63, 3.8) is 0 Å². The van der Waals surface area contributed by atoms with Crippen LogP contribution in [0.2, 0.25) is 10.0 Å². The number of benzene rings is 1. The van der Waals surface area contributed by atoms with Crippen molar-refractivity contribution in [1.82, 2.24) is 20.0 Å². The predicted octanol–water partition coefficient (Wildman–Crippen LogP) is 5.35. The van der Waals surface area contributed by atoms with Crippen LogP contribution in [0.25, 0.3) is 11.3 Å². The summed E-state index contributed by atoms with van der Waals surface area (Å²) in [7, 11) is 0. The highest BCUT2D eigenvalue weighted by Crippen LogP contribution is 2.36. The normalized spacial score (nSPS) is 16.7. The van der Waals surface area contributed by atoms with Gasteiger partial charge in [-0.05, 0) is 50.8 Å². The second kappa shape index (κ2) is 8.74. The molecule has 1 aromatic carbocycles. The summed E-state index contributed by atoms with van der Waals surface area (Å²) in [4.78, 5) is 24.2. The van der Waals surface area contributed by atoms with Crippen LogP contribution in [0.4, 0.5) is 0 Å². The van der Waals surface area contributed by atoms with Crippen molar-refractivity contribution in [3.8, 4) is 11.3 Å². The van der Waals surface area contributed by atoms with E-state index in [0.717, 1.165) is 41.8 Å². The average Bonchev–Trinajstić information content (AvgIpc) is 3.16.